The molecule has 0 saturated carbocycles. The van der Waals surface area contributed by atoms with Gasteiger partial charge in [0.1, 0.15) is 0 Å². The number of hydrogen-bond donors (Lipinski definition) is 0. The summed E-state index contributed by atoms with van der Waals surface area (Å²) in [6.07, 6.45) is 2.88. The van der Waals surface area contributed by atoms with Gasteiger partial charge in [-0.25, -0.2) is 0 Å². The number of allylic oxidation sites excluding steroid dienone is 1. The molecule has 4 heteroatoms. The number of benzene rings is 1. The average Bonchev–Trinajstić information content (AvgIpc) is 2.16. The summed E-state index contributed by atoms with van der Waals surface area (Å²) in [5, 5.41) is 10.6. The average molecular weight is 204 g/mol. The molecule has 0 saturated heterocycles. The second kappa shape index (κ2) is 3.38. The summed E-state index contributed by atoms with van der Waals surface area (Å²) in [6.45, 7) is 2.06. The van der Waals surface area contributed by atoms with Crippen molar-refractivity contribution in [3.63, 3.8) is 0 Å². The van der Waals surface area contributed by atoms with Crippen LogP contribution in [-0.2, 0) is 6.42 Å². The first-order valence-electron chi connectivity index (χ1n) is 4.75. The standard InChI is InChI=1S/C11H12N2O2/c1-8-5-9-3-4-10(13(14)15)6-11(9)12(2)7-8/h3-4,6-7H,5H2,1-2H3. The van der Waals surface area contributed by atoms with Gasteiger partial charge in [-0.3, -0.25) is 10.1 Å². The summed E-state index contributed by atoms with van der Waals surface area (Å²) < 4.78 is 0. The molecule has 0 bridgehead atoms. The summed E-state index contributed by atoms with van der Waals surface area (Å²) in [7, 11) is 1.91. The minimum atomic E-state index is -0.362. The number of fused-ring (bicyclic) bond motifs is 1. The van der Waals surface area contributed by atoms with Crippen LogP contribution < -0.4 is 4.90 Å². The molecule has 0 fully saturated rings. The Morgan fingerprint density at radius 3 is 2.87 bits per heavy atom. The van der Waals surface area contributed by atoms with Gasteiger partial charge in [-0.05, 0) is 25.0 Å². The number of nitro benzene ring substituents is 1. The van der Waals surface area contributed by atoms with Crippen LogP contribution in [-0.4, -0.2) is 12.0 Å². The summed E-state index contributed by atoms with van der Waals surface area (Å²) in [5.41, 5.74) is 3.48. The van der Waals surface area contributed by atoms with Gasteiger partial charge in [0.25, 0.3) is 5.69 Å². The summed E-state index contributed by atoms with van der Waals surface area (Å²) in [4.78, 5) is 12.2. The lowest BCUT2D eigenvalue weighted by Gasteiger charge is -2.24. The Kier molecular flexibility index (Phi) is 2.19. The Balaban J connectivity index is 2.48. The highest BCUT2D eigenvalue weighted by Crippen LogP contribution is 2.30. The molecule has 15 heavy (non-hydrogen) atoms. The first-order valence-corrected chi connectivity index (χ1v) is 4.75. The highest BCUT2D eigenvalue weighted by atomic mass is 16.6. The zero-order chi connectivity index (χ0) is 11.0. The number of nitro groups is 1. The molecule has 1 heterocycles. The molecule has 0 aliphatic carbocycles. The SMILES string of the molecule is CC1=CN(C)c2cc([N+](=O)[O-])ccc2C1. The predicted molar refractivity (Wildman–Crippen MR) is 59.0 cm³/mol. The van der Waals surface area contributed by atoms with E-state index in [1.807, 2.05) is 24.2 Å². The van der Waals surface area contributed by atoms with Crippen LogP contribution in [0.25, 0.3) is 0 Å². The highest BCUT2D eigenvalue weighted by molar-refractivity contribution is 5.63. The van der Waals surface area contributed by atoms with Crippen LogP contribution >= 0.6 is 0 Å². The number of rotatable bonds is 1. The molecule has 1 aliphatic heterocycles. The third-order valence-electron chi connectivity index (χ3n) is 2.54. The molecule has 0 aromatic heterocycles. The number of nitrogens with zero attached hydrogens (tertiary/aromatic N) is 2. The van der Waals surface area contributed by atoms with Crippen molar-refractivity contribution in [1.29, 1.82) is 0 Å². The first kappa shape index (κ1) is 9.71. The molecular formula is C11H12N2O2. The maximum Gasteiger partial charge on any atom is 0.271 e. The van der Waals surface area contributed by atoms with Crippen molar-refractivity contribution < 1.29 is 4.92 Å². The molecule has 1 aromatic carbocycles. The van der Waals surface area contributed by atoms with E-state index in [9.17, 15) is 10.1 Å². The van der Waals surface area contributed by atoms with Crippen LogP contribution in [0.2, 0.25) is 0 Å². The maximum atomic E-state index is 10.6. The van der Waals surface area contributed by atoms with Gasteiger partial charge in [-0.2, -0.15) is 0 Å². The van der Waals surface area contributed by atoms with Gasteiger partial charge in [0, 0.05) is 25.4 Å². The van der Waals surface area contributed by atoms with Crippen LogP contribution in [0.15, 0.2) is 30.0 Å². The lowest BCUT2D eigenvalue weighted by molar-refractivity contribution is -0.384. The minimum Gasteiger partial charge on any atom is -0.351 e. The smallest absolute Gasteiger partial charge is 0.271 e. The molecule has 0 spiro atoms. The monoisotopic (exact) mass is 204 g/mol. The molecule has 0 radical (unpaired) electrons. The fraction of sp³-hybridized carbons (Fsp3) is 0.273. The molecule has 1 aromatic rings. The molecule has 2 rings (SSSR count). The highest BCUT2D eigenvalue weighted by Gasteiger charge is 2.16. The molecule has 0 unspecified atom stereocenters. The van der Waals surface area contributed by atoms with Crippen LogP contribution in [0.5, 0.6) is 0 Å². The second-order valence-corrected chi connectivity index (χ2v) is 3.83. The van der Waals surface area contributed by atoms with Crippen molar-refractivity contribution >= 4 is 11.4 Å². The Hall–Kier alpha value is -1.84. The van der Waals surface area contributed by atoms with Crippen molar-refractivity contribution in [2.24, 2.45) is 0 Å². The zero-order valence-corrected chi connectivity index (χ0v) is 8.73. The maximum absolute atomic E-state index is 10.6. The summed E-state index contributed by atoms with van der Waals surface area (Å²) >= 11 is 0. The van der Waals surface area contributed by atoms with Gasteiger partial charge in [0.2, 0.25) is 0 Å². The van der Waals surface area contributed by atoms with E-state index in [4.69, 9.17) is 0 Å². The number of non-ortho nitro benzene ring substituents is 1. The molecule has 4 nitrogen and oxygen atoms in total. The molecule has 0 atom stereocenters. The van der Waals surface area contributed by atoms with Crippen LogP contribution in [0, 0.1) is 10.1 Å². The van der Waals surface area contributed by atoms with Crippen molar-refractivity contribution in [1.82, 2.24) is 0 Å². The first-order chi connectivity index (χ1) is 7.08. The Morgan fingerprint density at radius 2 is 2.20 bits per heavy atom. The number of hydrogen-bond acceptors (Lipinski definition) is 3. The predicted octanol–water partition coefficient (Wildman–Crippen LogP) is 2.49. The summed E-state index contributed by atoms with van der Waals surface area (Å²) in [6, 6.07) is 5.02. The zero-order valence-electron chi connectivity index (χ0n) is 8.73. The Morgan fingerprint density at radius 1 is 1.47 bits per heavy atom. The van der Waals surface area contributed by atoms with E-state index in [1.54, 1.807) is 12.1 Å². The van der Waals surface area contributed by atoms with E-state index in [2.05, 4.69) is 6.92 Å². The van der Waals surface area contributed by atoms with Gasteiger partial charge in [0.15, 0.2) is 0 Å². The van der Waals surface area contributed by atoms with Gasteiger partial charge in [-0.15, -0.1) is 0 Å². The van der Waals surface area contributed by atoms with Gasteiger partial charge >= 0.3 is 0 Å². The fourth-order valence-corrected chi connectivity index (χ4v) is 1.89. The van der Waals surface area contributed by atoms with Crippen molar-refractivity contribution in [3.8, 4) is 0 Å². The number of anilines is 1. The largest absolute Gasteiger partial charge is 0.351 e. The van der Waals surface area contributed by atoms with E-state index in [1.165, 1.54) is 5.57 Å². The Bertz CT molecular complexity index is 452. The third-order valence-corrected chi connectivity index (χ3v) is 2.54. The van der Waals surface area contributed by atoms with Gasteiger partial charge in [0.05, 0.1) is 10.6 Å². The third kappa shape index (κ3) is 1.70. The molecular weight excluding hydrogens is 192 g/mol. The minimum absolute atomic E-state index is 0.147. The lowest BCUT2D eigenvalue weighted by Crippen LogP contribution is -2.16. The van der Waals surface area contributed by atoms with E-state index in [-0.39, 0.29) is 10.6 Å². The van der Waals surface area contributed by atoms with Crippen molar-refractivity contribution in [2.45, 2.75) is 13.3 Å². The molecule has 78 valence electrons. The Labute approximate surface area is 88.0 Å². The van der Waals surface area contributed by atoms with Crippen LogP contribution in [0.4, 0.5) is 11.4 Å². The fourth-order valence-electron chi connectivity index (χ4n) is 1.89. The molecule has 1 aliphatic rings. The lowest BCUT2D eigenvalue weighted by atomic mass is 10.0. The van der Waals surface area contributed by atoms with Gasteiger partial charge < -0.3 is 4.90 Å². The van der Waals surface area contributed by atoms with Crippen molar-refractivity contribution in [3.05, 3.63) is 45.6 Å². The van der Waals surface area contributed by atoms with Gasteiger partial charge in [-0.1, -0.05) is 5.57 Å². The normalized spacial score (nSPS) is 14.5. The van der Waals surface area contributed by atoms with E-state index in [0.29, 0.717) is 0 Å². The van der Waals surface area contributed by atoms with E-state index in [0.717, 1.165) is 17.7 Å². The molecule has 0 N–H and O–H groups in total. The topological polar surface area (TPSA) is 46.4 Å². The quantitative estimate of drug-likeness (QED) is 0.521. The van der Waals surface area contributed by atoms with Crippen LogP contribution in [0.3, 0.4) is 0 Å². The summed E-state index contributed by atoms with van der Waals surface area (Å²) in [5.74, 6) is 0. The van der Waals surface area contributed by atoms with E-state index >= 15 is 0 Å². The molecule has 0 amide bonds. The van der Waals surface area contributed by atoms with Crippen molar-refractivity contribution in [2.75, 3.05) is 11.9 Å². The van der Waals surface area contributed by atoms with Crippen LogP contribution in [0.1, 0.15) is 12.5 Å². The van der Waals surface area contributed by atoms with E-state index < -0.39 is 0 Å². The second-order valence-electron chi connectivity index (χ2n) is 3.83.